The average Bonchev–Trinajstić information content (AvgIpc) is 3.04. The minimum Gasteiger partial charge on any atom is -0.492 e. The fourth-order valence-corrected chi connectivity index (χ4v) is 4.37. The third kappa shape index (κ3) is 5.43. The van der Waals surface area contributed by atoms with Gasteiger partial charge in [-0.2, -0.15) is 0 Å². The van der Waals surface area contributed by atoms with Gasteiger partial charge in [0.15, 0.2) is 0 Å². The Morgan fingerprint density at radius 1 is 1.22 bits per heavy atom. The van der Waals surface area contributed by atoms with Gasteiger partial charge in [0.1, 0.15) is 17.2 Å². The van der Waals surface area contributed by atoms with Crippen LogP contribution in [0.15, 0.2) is 24.3 Å². The van der Waals surface area contributed by atoms with Crippen molar-refractivity contribution in [2.24, 2.45) is 0 Å². The van der Waals surface area contributed by atoms with Crippen LogP contribution in [0.3, 0.4) is 0 Å². The molecule has 2 heterocycles. The van der Waals surface area contributed by atoms with E-state index in [1.807, 2.05) is 36.1 Å². The Balaban J connectivity index is 1.44. The van der Waals surface area contributed by atoms with Crippen LogP contribution < -0.4 is 4.74 Å². The quantitative estimate of drug-likeness (QED) is 0.698. The number of carbonyl (C=O) groups excluding carboxylic acids is 1. The molecule has 3 rings (SSSR count). The van der Waals surface area contributed by atoms with Gasteiger partial charge >= 0.3 is 0 Å². The number of halogens is 1. The Labute approximate surface area is 169 Å². The van der Waals surface area contributed by atoms with Gasteiger partial charge in [-0.3, -0.25) is 9.69 Å². The molecule has 0 atom stereocenters. The lowest BCUT2D eigenvalue weighted by Gasteiger charge is -2.34. The van der Waals surface area contributed by atoms with Crippen molar-refractivity contribution >= 4 is 28.8 Å². The van der Waals surface area contributed by atoms with Crippen molar-refractivity contribution < 1.29 is 9.53 Å². The maximum absolute atomic E-state index is 12.8. The number of piperazine rings is 1. The number of thiazole rings is 1. The minimum absolute atomic E-state index is 0.129. The van der Waals surface area contributed by atoms with E-state index in [0.717, 1.165) is 66.9 Å². The van der Waals surface area contributed by atoms with Crippen LogP contribution in [0.5, 0.6) is 5.75 Å². The summed E-state index contributed by atoms with van der Waals surface area (Å²) in [4.78, 5) is 22.4. The Kier molecular flexibility index (Phi) is 7.10. The summed E-state index contributed by atoms with van der Waals surface area (Å²) >= 11 is 7.43. The Hall–Kier alpha value is -1.63. The number of carbonyl (C=O) groups is 1. The summed E-state index contributed by atoms with van der Waals surface area (Å²) in [6.07, 6.45) is 2.00. The zero-order valence-electron chi connectivity index (χ0n) is 15.9. The van der Waals surface area contributed by atoms with Gasteiger partial charge in [-0.15, -0.1) is 11.3 Å². The number of amides is 1. The summed E-state index contributed by atoms with van der Waals surface area (Å²) in [5.74, 6) is 0.959. The lowest BCUT2D eigenvalue weighted by Crippen LogP contribution is -2.49. The second-order valence-electron chi connectivity index (χ2n) is 6.71. The van der Waals surface area contributed by atoms with Gasteiger partial charge in [0, 0.05) is 37.7 Å². The van der Waals surface area contributed by atoms with Crippen molar-refractivity contribution in [2.45, 2.75) is 26.7 Å². The minimum atomic E-state index is 0.129. The number of rotatable bonds is 7. The molecule has 1 aliphatic heterocycles. The van der Waals surface area contributed by atoms with E-state index in [0.29, 0.717) is 11.6 Å². The van der Waals surface area contributed by atoms with E-state index in [1.165, 1.54) is 0 Å². The molecule has 1 aromatic carbocycles. The van der Waals surface area contributed by atoms with E-state index in [4.69, 9.17) is 16.3 Å². The van der Waals surface area contributed by atoms with Crippen LogP contribution >= 0.6 is 22.9 Å². The van der Waals surface area contributed by atoms with E-state index in [1.54, 1.807) is 11.3 Å². The van der Waals surface area contributed by atoms with E-state index >= 15 is 0 Å². The molecule has 1 amide bonds. The standard InChI is InChI=1S/C20H26ClN3O2S/c1-3-4-18-22-15(2)19(27-18)20(25)24-11-9-23(10-12-24)13-14-26-17-7-5-16(21)6-8-17/h5-8H,3-4,9-14H2,1-2H3. The van der Waals surface area contributed by atoms with E-state index in [9.17, 15) is 4.79 Å². The van der Waals surface area contributed by atoms with E-state index in [-0.39, 0.29) is 5.91 Å². The normalized spacial score (nSPS) is 15.1. The van der Waals surface area contributed by atoms with Gasteiger partial charge in [0.2, 0.25) is 0 Å². The predicted molar refractivity (Wildman–Crippen MR) is 110 cm³/mol. The van der Waals surface area contributed by atoms with Crippen molar-refractivity contribution in [2.75, 3.05) is 39.3 Å². The highest BCUT2D eigenvalue weighted by molar-refractivity contribution is 7.13. The van der Waals surface area contributed by atoms with Gasteiger partial charge in [-0.1, -0.05) is 18.5 Å². The van der Waals surface area contributed by atoms with Crippen molar-refractivity contribution in [3.05, 3.63) is 44.9 Å². The van der Waals surface area contributed by atoms with Crippen LogP contribution in [0.25, 0.3) is 0 Å². The van der Waals surface area contributed by atoms with Crippen molar-refractivity contribution in [3.63, 3.8) is 0 Å². The largest absolute Gasteiger partial charge is 0.492 e. The molecule has 0 radical (unpaired) electrons. The molecule has 5 nitrogen and oxygen atoms in total. The van der Waals surface area contributed by atoms with E-state index < -0.39 is 0 Å². The first-order valence-corrected chi connectivity index (χ1v) is 10.6. The summed E-state index contributed by atoms with van der Waals surface area (Å²) in [5, 5.41) is 1.78. The summed E-state index contributed by atoms with van der Waals surface area (Å²) in [6.45, 7) is 8.79. The van der Waals surface area contributed by atoms with Gasteiger partial charge in [0.05, 0.1) is 10.7 Å². The van der Waals surface area contributed by atoms with Crippen molar-refractivity contribution in [1.29, 1.82) is 0 Å². The van der Waals surface area contributed by atoms with E-state index in [2.05, 4.69) is 16.8 Å². The third-order valence-electron chi connectivity index (χ3n) is 4.65. The van der Waals surface area contributed by atoms with Gasteiger partial charge < -0.3 is 9.64 Å². The smallest absolute Gasteiger partial charge is 0.265 e. The number of hydrogen-bond donors (Lipinski definition) is 0. The third-order valence-corrected chi connectivity index (χ3v) is 6.11. The molecule has 27 heavy (non-hydrogen) atoms. The molecule has 0 saturated carbocycles. The number of hydrogen-bond acceptors (Lipinski definition) is 5. The molecule has 0 N–H and O–H groups in total. The molecule has 0 spiro atoms. The number of ether oxygens (including phenoxy) is 1. The fraction of sp³-hybridized carbons (Fsp3) is 0.500. The summed E-state index contributed by atoms with van der Waals surface area (Å²) in [7, 11) is 0. The van der Waals surface area contributed by atoms with Crippen molar-refractivity contribution in [3.8, 4) is 5.75 Å². The Morgan fingerprint density at radius 3 is 2.59 bits per heavy atom. The zero-order chi connectivity index (χ0) is 19.2. The molecule has 0 aliphatic carbocycles. The zero-order valence-corrected chi connectivity index (χ0v) is 17.5. The first-order chi connectivity index (χ1) is 13.1. The molecule has 2 aromatic rings. The first kappa shape index (κ1) is 20.1. The Morgan fingerprint density at radius 2 is 1.93 bits per heavy atom. The second-order valence-corrected chi connectivity index (χ2v) is 8.23. The number of nitrogens with zero attached hydrogens (tertiary/aromatic N) is 3. The van der Waals surface area contributed by atoms with Crippen LogP contribution in [0.4, 0.5) is 0 Å². The molecule has 146 valence electrons. The van der Waals surface area contributed by atoms with Crippen LogP contribution in [0.2, 0.25) is 5.02 Å². The highest BCUT2D eigenvalue weighted by Gasteiger charge is 2.25. The Bertz CT molecular complexity index is 755. The molecule has 0 unspecified atom stereocenters. The molecular formula is C20H26ClN3O2S. The van der Waals surface area contributed by atoms with Crippen LogP contribution in [-0.2, 0) is 6.42 Å². The maximum Gasteiger partial charge on any atom is 0.265 e. The highest BCUT2D eigenvalue weighted by atomic mass is 35.5. The topological polar surface area (TPSA) is 45.7 Å². The van der Waals surface area contributed by atoms with Crippen molar-refractivity contribution in [1.82, 2.24) is 14.8 Å². The molecule has 0 bridgehead atoms. The first-order valence-electron chi connectivity index (χ1n) is 9.43. The molecule has 1 saturated heterocycles. The van der Waals surface area contributed by atoms with Gasteiger partial charge in [-0.25, -0.2) is 4.98 Å². The predicted octanol–water partition coefficient (Wildman–Crippen LogP) is 3.89. The highest BCUT2D eigenvalue weighted by Crippen LogP contribution is 2.22. The summed E-state index contributed by atoms with van der Waals surface area (Å²) in [6, 6.07) is 7.41. The SMILES string of the molecule is CCCc1nc(C)c(C(=O)N2CCN(CCOc3ccc(Cl)cc3)CC2)s1. The van der Waals surface area contributed by atoms with Gasteiger partial charge in [-0.05, 0) is 44.0 Å². The summed E-state index contributed by atoms with van der Waals surface area (Å²) < 4.78 is 5.76. The molecule has 1 aromatic heterocycles. The van der Waals surface area contributed by atoms with Crippen LogP contribution in [-0.4, -0.2) is 60.0 Å². The average molecular weight is 408 g/mol. The van der Waals surface area contributed by atoms with Crippen LogP contribution in [0, 0.1) is 6.92 Å². The second kappa shape index (κ2) is 9.53. The van der Waals surface area contributed by atoms with Crippen LogP contribution in [0.1, 0.15) is 33.7 Å². The number of aromatic nitrogens is 1. The monoisotopic (exact) mass is 407 g/mol. The lowest BCUT2D eigenvalue weighted by molar-refractivity contribution is 0.0624. The molecule has 1 fully saturated rings. The molecule has 7 heteroatoms. The number of aryl methyl sites for hydroxylation is 2. The fourth-order valence-electron chi connectivity index (χ4n) is 3.11. The van der Waals surface area contributed by atoms with Gasteiger partial charge in [0.25, 0.3) is 5.91 Å². The molecular weight excluding hydrogens is 382 g/mol. The maximum atomic E-state index is 12.8. The lowest BCUT2D eigenvalue weighted by atomic mass is 10.2. The number of benzene rings is 1. The molecule has 1 aliphatic rings. The summed E-state index contributed by atoms with van der Waals surface area (Å²) in [5.41, 5.74) is 0.868.